The number of carbonyl (C=O) groups is 2. The Kier molecular flexibility index (Phi) is 7.83. The molecule has 1 heterocycles. The molecule has 1 aliphatic heterocycles. The lowest BCUT2D eigenvalue weighted by Gasteiger charge is -2.29. The van der Waals surface area contributed by atoms with Crippen LogP contribution in [0.25, 0.3) is 0 Å². The van der Waals surface area contributed by atoms with E-state index < -0.39 is 39.9 Å². The molecule has 180 valence electrons. The van der Waals surface area contributed by atoms with Gasteiger partial charge < -0.3 is 14.8 Å². The molecule has 2 rings (SSSR count). The number of ether oxygens (including phenoxy) is 2. The first kappa shape index (κ1) is 25.9. The highest BCUT2D eigenvalue weighted by molar-refractivity contribution is 7.86. The highest BCUT2D eigenvalue weighted by atomic mass is 32.2. The lowest BCUT2D eigenvalue weighted by Crippen LogP contribution is -2.48. The van der Waals surface area contributed by atoms with Crippen LogP contribution in [0.15, 0.2) is 12.1 Å². The Labute approximate surface area is 190 Å². The van der Waals surface area contributed by atoms with Crippen LogP contribution in [0.3, 0.4) is 0 Å². The number of nitrogens with one attached hydrogen (secondary N) is 1. The summed E-state index contributed by atoms with van der Waals surface area (Å²) < 4.78 is 39.0. The molecule has 2 amide bonds. The van der Waals surface area contributed by atoms with E-state index in [0.29, 0.717) is 0 Å². The molecule has 1 aromatic carbocycles. The quantitative estimate of drug-likeness (QED) is 0.636. The highest BCUT2D eigenvalue weighted by Gasteiger charge is 2.43. The zero-order valence-corrected chi connectivity index (χ0v) is 20.8. The van der Waals surface area contributed by atoms with Crippen molar-refractivity contribution in [3.05, 3.63) is 28.8 Å². The molecule has 1 saturated heterocycles. The van der Waals surface area contributed by atoms with E-state index in [4.69, 9.17) is 13.7 Å². The molecule has 0 unspecified atom stereocenters. The van der Waals surface area contributed by atoms with Crippen LogP contribution in [0.2, 0.25) is 0 Å². The third-order valence-electron chi connectivity index (χ3n) is 5.33. The lowest BCUT2D eigenvalue weighted by atomic mass is 9.97. The van der Waals surface area contributed by atoms with Crippen molar-refractivity contribution < 1.29 is 31.7 Å². The minimum Gasteiger partial charge on any atom is -0.496 e. The minimum atomic E-state index is -3.75. The Morgan fingerprint density at radius 2 is 1.81 bits per heavy atom. The van der Waals surface area contributed by atoms with Crippen LogP contribution in [-0.2, 0) is 23.8 Å². The molecular weight excluding hydrogens is 436 g/mol. The minimum absolute atomic E-state index is 0.0471. The predicted octanol–water partition coefficient (Wildman–Crippen LogP) is 2.84. The first-order valence-electron chi connectivity index (χ1n) is 10.4. The van der Waals surface area contributed by atoms with Crippen LogP contribution < -0.4 is 10.1 Å². The number of hydrogen-bond acceptors (Lipinski definition) is 7. The molecule has 0 aromatic heterocycles. The number of nitrogens with zero attached hydrogens (tertiary/aromatic N) is 1. The fraction of sp³-hybridized carbons (Fsp3) is 0.636. The van der Waals surface area contributed by atoms with Crippen molar-refractivity contribution in [1.82, 2.24) is 10.2 Å². The Balaban J connectivity index is 2.23. The van der Waals surface area contributed by atoms with Gasteiger partial charge in [0.1, 0.15) is 17.4 Å². The summed E-state index contributed by atoms with van der Waals surface area (Å²) in [6, 6.07) is 2.47. The van der Waals surface area contributed by atoms with Gasteiger partial charge in [0.05, 0.1) is 32.1 Å². The molecule has 0 aliphatic carbocycles. The molecule has 10 heteroatoms. The molecule has 32 heavy (non-hydrogen) atoms. The summed E-state index contributed by atoms with van der Waals surface area (Å²) in [6.45, 7) is 10.8. The Morgan fingerprint density at radius 1 is 1.19 bits per heavy atom. The summed E-state index contributed by atoms with van der Waals surface area (Å²) in [7, 11) is -2.14. The number of methoxy groups -OCH3 is 1. The smallest absolute Gasteiger partial charge is 0.411 e. The van der Waals surface area contributed by atoms with Crippen LogP contribution in [0.5, 0.6) is 5.75 Å². The molecule has 0 saturated carbocycles. The average Bonchev–Trinajstić information content (AvgIpc) is 3.04. The van der Waals surface area contributed by atoms with Crippen molar-refractivity contribution >= 4 is 22.1 Å². The summed E-state index contributed by atoms with van der Waals surface area (Å²) in [4.78, 5) is 27.1. The van der Waals surface area contributed by atoms with Gasteiger partial charge in [-0.05, 0) is 64.3 Å². The number of amides is 2. The molecule has 0 bridgehead atoms. The second-order valence-electron chi connectivity index (χ2n) is 9.14. The third-order valence-corrected chi connectivity index (χ3v) is 5.95. The molecule has 1 fully saturated rings. The van der Waals surface area contributed by atoms with Crippen LogP contribution in [0.4, 0.5) is 4.79 Å². The fourth-order valence-electron chi connectivity index (χ4n) is 3.78. The van der Waals surface area contributed by atoms with E-state index in [1.807, 2.05) is 32.9 Å². The van der Waals surface area contributed by atoms with Gasteiger partial charge in [-0.3, -0.25) is 13.9 Å². The fourth-order valence-corrected chi connectivity index (χ4v) is 4.41. The summed E-state index contributed by atoms with van der Waals surface area (Å²) in [6.07, 6.45) is -0.532. The van der Waals surface area contributed by atoms with E-state index in [1.54, 1.807) is 27.9 Å². The largest absolute Gasteiger partial charge is 0.496 e. The van der Waals surface area contributed by atoms with Crippen molar-refractivity contribution in [3.8, 4) is 5.75 Å². The van der Waals surface area contributed by atoms with E-state index in [9.17, 15) is 18.0 Å². The second-order valence-corrected chi connectivity index (χ2v) is 10.7. The van der Waals surface area contributed by atoms with Crippen LogP contribution in [0.1, 0.15) is 56.8 Å². The number of carbonyl (C=O) groups excluding carboxylic acids is 2. The second kappa shape index (κ2) is 9.66. The Hall–Kier alpha value is -2.33. The molecular formula is C22H34N2O7S. The van der Waals surface area contributed by atoms with Gasteiger partial charge in [-0.2, -0.15) is 8.42 Å². The van der Waals surface area contributed by atoms with Crippen molar-refractivity contribution in [2.24, 2.45) is 0 Å². The maximum absolute atomic E-state index is 13.1. The standard InChI is InChI=1S/C22H34N2O7S/c1-13-14(2)19(29-7)10-9-17(13)15(3)23-20(25)18-11-16(31-32(8,27)28)12-24(18)21(26)30-22(4,5)6/h9-10,15-16,18H,11-12H2,1-8H3,(H,23,25)/t15-,16+,18-/m0/s1. The predicted molar refractivity (Wildman–Crippen MR) is 120 cm³/mol. The van der Waals surface area contributed by atoms with E-state index in [2.05, 4.69) is 5.32 Å². The van der Waals surface area contributed by atoms with E-state index in [-0.39, 0.29) is 19.0 Å². The van der Waals surface area contributed by atoms with Crippen LogP contribution in [0, 0.1) is 13.8 Å². The van der Waals surface area contributed by atoms with Crippen molar-refractivity contribution in [1.29, 1.82) is 0 Å². The summed E-state index contributed by atoms with van der Waals surface area (Å²) in [5.41, 5.74) is 2.12. The van der Waals surface area contributed by atoms with Crippen LogP contribution >= 0.6 is 0 Å². The first-order valence-corrected chi connectivity index (χ1v) is 12.3. The van der Waals surface area contributed by atoms with E-state index >= 15 is 0 Å². The molecule has 0 radical (unpaired) electrons. The monoisotopic (exact) mass is 470 g/mol. The number of likely N-dealkylation sites (tertiary alicyclic amines) is 1. The van der Waals surface area contributed by atoms with Gasteiger partial charge in [-0.25, -0.2) is 4.79 Å². The maximum Gasteiger partial charge on any atom is 0.411 e. The number of benzene rings is 1. The van der Waals surface area contributed by atoms with Crippen molar-refractivity contribution in [2.75, 3.05) is 19.9 Å². The van der Waals surface area contributed by atoms with Gasteiger partial charge in [0.2, 0.25) is 5.91 Å². The molecule has 1 aromatic rings. The normalized spacial score (nSPS) is 20.1. The van der Waals surface area contributed by atoms with Gasteiger partial charge in [-0.1, -0.05) is 6.07 Å². The molecule has 1 N–H and O–H groups in total. The SMILES string of the molecule is COc1ccc([C@H](C)NC(=O)[C@@H]2C[C@@H](OS(C)(=O)=O)CN2C(=O)OC(C)(C)C)c(C)c1C. The van der Waals surface area contributed by atoms with Gasteiger partial charge >= 0.3 is 6.09 Å². The zero-order valence-electron chi connectivity index (χ0n) is 20.0. The molecule has 1 aliphatic rings. The zero-order chi connectivity index (χ0) is 24.4. The van der Waals surface area contributed by atoms with Crippen LogP contribution in [-0.4, -0.2) is 63.0 Å². The first-order chi connectivity index (χ1) is 14.6. The summed E-state index contributed by atoms with van der Waals surface area (Å²) in [5.74, 6) is 0.355. The van der Waals surface area contributed by atoms with Gasteiger partial charge in [0.15, 0.2) is 0 Å². The Morgan fingerprint density at radius 3 is 2.34 bits per heavy atom. The lowest BCUT2D eigenvalue weighted by molar-refractivity contribution is -0.126. The van der Waals surface area contributed by atoms with Gasteiger partial charge in [-0.15, -0.1) is 0 Å². The topological polar surface area (TPSA) is 111 Å². The number of rotatable bonds is 6. The van der Waals surface area contributed by atoms with E-state index in [0.717, 1.165) is 28.7 Å². The molecule has 0 spiro atoms. The third kappa shape index (κ3) is 6.59. The molecule has 3 atom stereocenters. The van der Waals surface area contributed by atoms with E-state index in [1.165, 1.54) is 4.90 Å². The Bertz CT molecular complexity index is 969. The maximum atomic E-state index is 13.1. The summed E-state index contributed by atoms with van der Waals surface area (Å²) >= 11 is 0. The van der Waals surface area contributed by atoms with Gasteiger partial charge in [0.25, 0.3) is 10.1 Å². The van der Waals surface area contributed by atoms with Gasteiger partial charge in [0, 0.05) is 6.42 Å². The van der Waals surface area contributed by atoms with Crippen molar-refractivity contribution in [2.45, 2.75) is 71.8 Å². The highest BCUT2D eigenvalue weighted by Crippen LogP contribution is 2.29. The van der Waals surface area contributed by atoms with Crippen molar-refractivity contribution in [3.63, 3.8) is 0 Å². The summed E-state index contributed by atoms with van der Waals surface area (Å²) in [5, 5.41) is 2.94. The average molecular weight is 471 g/mol. The molecule has 9 nitrogen and oxygen atoms in total. The number of hydrogen-bond donors (Lipinski definition) is 1.